The molecule has 11 nitrogen and oxygen atoms in total. The molecule has 0 spiro atoms. The largest absolute Gasteiger partial charge is 0.349 e. The fourth-order valence-corrected chi connectivity index (χ4v) is 10.8. The molecule has 4 aliphatic rings. The zero-order valence-corrected chi connectivity index (χ0v) is 29.9. The van der Waals surface area contributed by atoms with Crippen LogP contribution in [0.25, 0.3) is 0 Å². The van der Waals surface area contributed by atoms with E-state index in [1.165, 1.54) is 4.90 Å². The SMILES string of the molecule is C=CCCNC(=O)C(=O)C(CCC=C)NC(=O)C1C2C(CN1C(=O)C(NS(=O)(=O)CC13CCC(CC1=O)C3(C)C)C(C)(C)C)C2(C)C. The smallest absolute Gasteiger partial charge is 0.289 e. The predicted molar refractivity (Wildman–Crippen MR) is 179 cm³/mol. The van der Waals surface area contributed by atoms with E-state index in [1.54, 1.807) is 32.9 Å². The first-order chi connectivity index (χ1) is 21.7. The van der Waals surface area contributed by atoms with Crippen molar-refractivity contribution < 1.29 is 32.4 Å². The Hall–Kier alpha value is -2.86. The third-order valence-electron chi connectivity index (χ3n) is 11.9. The van der Waals surface area contributed by atoms with E-state index in [-0.39, 0.29) is 54.2 Å². The minimum atomic E-state index is -4.12. The van der Waals surface area contributed by atoms with E-state index >= 15 is 0 Å². The second kappa shape index (κ2) is 12.9. The Bertz CT molecular complexity index is 1450. The molecule has 1 aliphatic heterocycles. The first-order valence-corrected chi connectivity index (χ1v) is 18.5. The number of fused-ring (bicyclic) bond motifs is 3. The van der Waals surface area contributed by atoms with E-state index in [1.807, 2.05) is 27.7 Å². The second-order valence-corrected chi connectivity index (χ2v) is 18.1. The molecule has 3 amide bonds. The van der Waals surface area contributed by atoms with Gasteiger partial charge < -0.3 is 15.5 Å². The summed E-state index contributed by atoms with van der Waals surface area (Å²) in [6, 6.07) is -3.28. The summed E-state index contributed by atoms with van der Waals surface area (Å²) in [4.78, 5) is 68.7. The number of carbonyl (C=O) groups excluding carboxylic acids is 5. The number of hydrogen-bond acceptors (Lipinski definition) is 7. The Balaban J connectivity index is 1.57. The predicted octanol–water partition coefficient (Wildman–Crippen LogP) is 2.91. The summed E-state index contributed by atoms with van der Waals surface area (Å²) in [6.07, 6.45) is 5.90. The van der Waals surface area contributed by atoms with Crippen molar-refractivity contribution in [2.24, 2.45) is 39.4 Å². The molecule has 0 radical (unpaired) electrons. The van der Waals surface area contributed by atoms with Crippen LogP contribution in [-0.2, 0) is 34.0 Å². The minimum absolute atomic E-state index is 0.00942. The van der Waals surface area contributed by atoms with Crippen LogP contribution in [0.15, 0.2) is 25.3 Å². The van der Waals surface area contributed by atoms with Crippen LogP contribution in [0.1, 0.15) is 87.0 Å². The Morgan fingerprint density at radius 3 is 2.23 bits per heavy atom. The number of sulfonamides is 1. The van der Waals surface area contributed by atoms with Crippen molar-refractivity contribution in [1.82, 2.24) is 20.3 Å². The maximum atomic E-state index is 14.4. The topological polar surface area (TPSA) is 159 Å². The number of nitrogens with one attached hydrogen (secondary N) is 3. The van der Waals surface area contributed by atoms with Gasteiger partial charge >= 0.3 is 0 Å². The third-order valence-corrected chi connectivity index (χ3v) is 13.4. The van der Waals surface area contributed by atoms with Crippen LogP contribution >= 0.6 is 0 Å². The summed E-state index contributed by atoms with van der Waals surface area (Å²) in [6.45, 7) is 21.1. The summed E-state index contributed by atoms with van der Waals surface area (Å²) in [5.74, 6) is -3.15. The highest BCUT2D eigenvalue weighted by atomic mass is 32.2. The van der Waals surface area contributed by atoms with Crippen LogP contribution in [0.5, 0.6) is 0 Å². The highest BCUT2D eigenvalue weighted by Gasteiger charge is 2.70. The number of piperidine rings is 1. The molecule has 262 valence electrons. The number of ketones is 2. The molecule has 3 aliphatic carbocycles. The van der Waals surface area contributed by atoms with Crippen molar-refractivity contribution in [2.45, 2.75) is 105 Å². The molecule has 7 atom stereocenters. The molecule has 4 fully saturated rings. The Kier molecular flexibility index (Phi) is 10.1. The average molecular weight is 675 g/mol. The number of Topliss-reactive ketones (excluding diaryl/α,β-unsaturated/α-hetero) is 2. The van der Waals surface area contributed by atoms with E-state index in [0.717, 1.165) is 6.42 Å². The van der Waals surface area contributed by atoms with Crippen LogP contribution in [0.2, 0.25) is 0 Å². The van der Waals surface area contributed by atoms with Gasteiger partial charge in [-0.25, -0.2) is 13.1 Å². The molecule has 0 aromatic heterocycles. The Labute approximate surface area is 280 Å². The van der Waals surface area contributed by atoms with Gasteiger partial charge in [0.05, 0.1) is 11.8 Å². The summed E-state index contributed by atoms with van der Waals surface area (Å²) in [5.41, 5.74) is -2.58. The van der Waals surface area contributed by atoms with Crippen molar-refractivity contribution in [3.8, 4) is 0 Å². The minimum Gasteiger partial charge on any atom is -0.349 e. The monoisotopic (exact) mass is 674 g/mol. The van der Waals surface area contributed by atoms with Crippen molar-refractivity contribution >= 4 is 39.3 Å². The van der Waals surface area contributed by atoms with Gasteiger partial charge in [-0.1, -0.05) is 60.6 Å². The second-order valence-electron chi connectivity index (χ2n) is 16.4. The van der Waals surface area contributed by atoms with E-state index in [9.17, 15) is 32.4 Å². The molecule has 0 aromatic rings. The van der Waals surface area contributed by atoms with Gasteiger partial charge in [-0.3, -0.25) is 24.0 Å². The van der Waals surface area contributed by atoms with Crippen molar-refractivity contribution in [2.75, 3.05) is 18.8 Å². The molecule has 4 rings (SSSR count). The van der Waals surface area contributed by atoms with Gasteiger partial charge in [0.15, 0.2) is 0 Å². The number of rotatable bonds is 15. The fraction of sp³-hybridized carbons (Fsp3) is 0.743. The zero-order valence-electron chi connectivity index (χ0n) is 29.1. The lowest BCUT2D eigenvalue weighted by Crippen LogP contribution is -2.61. The van der Waals surface area contributed by atoms with Gasteiger partial charge in [-0.15, -0.1) is 13.2 Å². The van der Waals surface area contributed by atoms with Crippen LogP contribution < -0.4 is 15.4 Å². The molecule has 12 heteroatoms. The molecule has 2 bridgehead atoms. The fourth-order valence-electron chi connectivity index (χ4n) is 8.57. The zero-order chi connectivity index (χ0) is 35.3. The maximum absolute atomic E-state index is 14.4. The highest BCUT2D eigenvalue weighted by molar-refractivity contribution is 7.89. The molecular weight excluding hydrogens is 620 g/mol. The number of carbonyl (C=O) groups is 5. The third kappa shape index (κ3) is 6.73. The first-order valence-electron chi connectivity index (χ1n) is 16.8. The van der Waals surface area contributed by atoms with E-state index in [0.29, 0.717) is 25.7 Å². The number of likely N-dealkylation sites (tertiary alicyclic amines) is 1. The lowest BCUT2D eigenvalue weighted by molar-refractivity contribution is -0.145. The van der Waals surface area contributed by atoms with Crippen molar-refractivity contribution in [3.63, 3.8) is 0 Å². The van der Waals surface area contributed by atoms with Crippen LogP contribution in [-0.4, -0.2) is 79.6 Å². The summed E-state index contributed by atoms with van der Waals surface area (Å²) in [7, 11) is -4.12. The van der Waals surface area contributed by atoms with Gasteiger partial charge in [0.1, 0.15) is 17.9 Å². The molecule has 7 unspecified atom stereocenters. The van der Waals surface area contributed by atoms with E-state index < -0.39 is 67.9 Å². The molecular formula is C35H54N4O7S. The Morgan fingerprint density at radius 2 is 1.70 bits per heavy atom. The molecule has 3 saturated carbocycles. The van der Waals surface area contributed by atoms with E-state index in [4.69, 9.17) is 0 Å². The number of allylic oxidation sites excluding steroid dienone is 1. The number of hydrogen-bond donors (Lipinski definition) is 3. The molecule has 47 heavy (non-hydrogen) atoms. The van der Waals surface area contributed by atoms with Crippen LogP contribution in [0.4, 0.5) is 0 Å². The van der Waals surface area contributed by atoms with Gasteiger partial charge in [0, 0.05) is 24.9 Å². The van der Waals surface area contributed by atoms with E-state index in [2.05, 4.69) is 28.5 Å². The molecule has 1 saturated heterocycles. The molecule has 3 N–H and O–H groups in total. The van der Waals surface area contributed by atoms with Gasteiger partial charge in [-0.2, -0.15) is 0 Å². The average Bonchev–Trinajstić information content (AvgIpc) is 3.23. The summed E-state index contributed by atoms with van der Waals surface area (Å²) in [5, 5.41) is 5.31. The summed E-state index contributed by atoms with van der Waals surface area (Å²) < 4.78 is 30.4. The van der Waals surface area contributed by atoms with Crippen molar-refractivity contribution in [3.05, 3.63) is 25.3 Å². The first kappa shape index (κ1) is 37.0. The van der Waals surface area contributed by atoms with Gasteiger partial charge in [0.25, 0.3) is 5.91 Å². The maximum Gasteiger partial charge on any atom is 0.289 e. The normalized spacial score (nSPS) is 29.9. The Morgan fingerprint density at radius 1 is 1.06 bits per heavy atom. The van der Waals surface area contributed by atoms with Gasteiger partial charge in [0.2, 0.25) is 27.6 Å². The van der Waals surface area contributed by atoms with Crippen LogP contribution in [0, 0.1) is 39.4 Å². The van der Waals surface area contributed by atoms with Gasteiger partial charge in [-0.05, 0) is 66.1 Å². The quantitative estimate of drug-likeness (QED) is 0.137. The number of nitrogens with zero attached hydrogens (tertiary/aromatic N) is 1. The molecule has 1 heterocycles. The number of amides is 3. The molecule has 0 aromatic carbocycles. The highest BCUT2D eigenvalue weighted by Crippen LogP contribution is 2.65. The lowest BCUT2D eigenvalue weighted by atomic mass is 9.70. The standard InChI is InChI=1S/C35H54N4O7S/c1-10-12-14-23(27(41)30(43)36-17-13-11-2)37-29(42)26-25-22(33(25,6)7)19-39(26)31(44)28(32(3,4)5)38-47(45,46)20-35-16-15-21(18-24(35)40)34(35,8)9/h10-11,21-23,25-26,28,38H,1-2,12-20H2,3-9H3,(H,36,43)(H,37,42). The van der Waals surface area contributed by atoms with Crippen molar-refractivity contribution in [1.29, 1.82) is 0 Å². The van der Waals surface area contributed by atoms with Crippen LogP contribution in [0.3, 0.4) is 0 Å². The summed E-state index contributed by atoms with van der Waals surface area (Å²) >= 11 is 0. The lowest BCUT2D eigenvalue weighted by Gasteiger charge is -2.39.